The average molecular weight is 312 g/mol. The van der Waals surface area contributed by atoms with Crippen LogP contribution in [-0.4, -0.2) is 30.6 Å². The van der Waals surface area contributed by atoms with E-state index in [9.17, 15) is 0 Å². The van der Waals surface area contributed by atoms with Gasteiger partial charge in [-0.15, -0.1) is 0 Å². The molecule has 1 saturated carbocycles. The Kier molecular flexibility index (Phi) is 3.59. The molecule has 22 heavy (non-hydrogen) atoms. The Morgan fingerprint density at radius 2 is 1.91 bits per heavy atom. The summed E-state index contributed by atoms with van der Waals surface area (Å²) in [5, 5.41) is 0. The summed E-state index contributed by atoms with van der Waals surface area (Å²) >= 11 is 0. The molecule has 126 valence electrons. The summed E-state index contributed by atoms with van der Waals surface area (Å²) in [7, 11) is 0. The Morgan fingerprint density at radius 3 is 2.68 bits per heavy atom. The molecule has 0 aromatic carbocycles. The van der Waals surface area contributed by atoms with Crippen molar-refractivity contribution < 1.29 is 24.0 Å². The SMILES string of the molecule is CCOC1OC2O[C@]3(C)CCC4C(C)CCC([C@H]1C)C24OO3. The second-order valence-electron chi connectivity index (χ2n) is 7.73. The second kappa shape index (κ2) is 5.15. The van der Waals surface area contributed by atoms with Gasteiger partial charge in [-0.3, -0.25) is 0 Å². The van der Waals surface area contributed by atoms with Gasteiger partial charge in [-0.2, -0.15) is 0 Å². The summed E-state index contributed by atoms with van der Waals surface area (Å²) < 4.78 is 18.3. The maximum absolute atomic E-state index is 6.25. The molecule has 5 aliphatic rings. The van der Waals surface area contributed by atoms with Gasteiger partial charge in [-0.25, -0.2) is 9.78 Å². The van der Waals surface area contributed by atoms with Crippen LogP contribution in [0.15, 0.2) is 0 Å². The van der Waals surface area contributed by atoms with Gasteiger partial charge in [0.1, 0.15) is 0 Å². The highest BCUT2D eigenvalue weighted by molar-refractivity contribution is 5.09. The molecule has 4 heterocycles. The van der Waals surface area contributed by atoms with Gasteiger partial charge in [-0.05, 0) is 44.9 Å². The van der Waals surface area contributed by atoms with Gasteiger partial charge in [0.15, 0.2) is 18.2 Å². The molecule has 4 saturated heterocycles. The van der Waals surface area contributed by atoms with Crippen LogP contribution in [0.1, 0.15) is 53.4 Å². The van der Waals surface area contributed by atoms with E-state index in [0.29, 0.717) is 24.4 Å². The van der Waals surface area contributed by atoms with Crippen molar-refractivity contribution in [1.82, 2.24) is 0 Å². The standard InChI is InChI=1S/C17H28O5/c1-5-18-14-11(3)13-7-6-10(2)12-8-9-16(4)20-15(19-14)17(12,13)22-21-16/h10-15H,5-9H2,1-4H3/t10?,11-,12?,13?,14?,15?,16+,17?/m1/s1. The first-order valence-corrected chi connectivity index (χ1v) is 8.82. The fourth-order valence-electron chi connectivity index (χ4n) is 5.23. The fourth-order valence-corrected chi connectivity index (χ4v) is 5.23. The Balaban J connectivity index is 1.75. The van der Waals surface area contributed by atoms with E-state index in [0.717, 1.165) is 19.3 Å². The lowest BCUT2D eigenvalue weighted by Crippen LogP contribution is -2.70. The Labute approximate surface area is 132 Å². The zero-order chi connectivity index (χ0) is 15.5. The van der Waals surface area contributed by atoms with E-state index >= 15 is 0 Å². The van der Waals surface area contributed by atoms with Gasteiger partial charge in [0.25, 0.3) is 0 Å². The number of hydrogen-bond acceptors (Lipinski definition) is 5. The molecule has 0 amide bonds. The van der Waals surface area contributed by atoms with E-state index in [-0.39, 0.29) is 18.5 Å². The van der Waals surface area contributed by atoms with Crippen molar-refractivity contribution >= 4 is 0 Å². The van der Waals surface area contributed by atoms with E-state index in [1.807, 2.05) is 13.8 Å². The summed E-state index contributed by atoms with van der Waals surface area (Å²) in [5.74, 6) is 0.957. The summed E-state index contributed by atoms with van der Waals surface area (Å²) in [6, 6.07) is 0. The second-order valence-corrected chi connectivity index (χ2v) is 7.73. The van der Waals surface area contributed by atoms with Crippen LogP contribution in [0, 0.1) is 23.7 Å². The van der Waals surface area contributed by atoms with E-state index in [1.54, 1.807) is 0 Å². The molecule has 4 aliphatic heterocycles. The molecule has 6 unspecified atom stereocenters. The highest BCUT2D eigenvalue weighted by Gasteiger charge is 2.69. The zero-order valence-electron chi connectivity index (χ0n) is 14.0. The van der Waals surface area contributed by atoms with Crippen molar-refractivity contribution in [2.75, 3.05) is 6.61 Å². The Bertz CT molecular complexity index is 443. The molecule has 8 atom stereocenters. The number of hydrogen-bond donors (Lipinski definition) is 0. The Hall–Kier alpha value is -0.200. The first kappa shape index (κ1) is 15.3. The number of fused-ring (bicyclic) bond motifs is 2. The third-order valence-corrected chi connectivity index (χ3v) is 6.43. The first-order chi connectivity index (χ1) is 10.5. The Morgan fingerprint density at radius 1 is 1.09 bits per heavy atom. The lowest BCUT2D eigenvalue weighted by atomic mass is 9.58. The highest BCUT2D eigenvalue weighted by Crippen LogP contribution is 2.60. The van der Waals surface area contributed by atoms with Crippen LogP contribution in [0.2, 0.25) is 0 Å². The van der Waals surface area contributed by atoms with Crippen LogP contribution in [0.4, 0.5) is 0 Å². The molecule has 1 aliphatic carbocycles. The topological polar surface area (TPSA) is 46.2 Å². The van der Waals surface area contributed by atoms with Gasteiger partial charge >= 0.3 is 0 Å². The van der Waals surface area contributed by atoms with Crippen molar-refractivity contribution in [3.05, 3.63) is 0 Å². The minimum absolute atomic E-state index is 0.216. The largest absolute Gasteiger partial charge is 0.353 e. The quantitative estimate of drug-likeness (QED) is 0.733. The van der Waals surface area contributed by atoms with Crippen molar-refractivity contribution in [2.45, 2.75) is 77.3 Å². The van der Waals surface area contributed by atoms with Gasteiger partial charge in [0.05, 0.1) is 0 Å². The van der Waals surface area contributed by atoms with E-state index in [1.165, 1.54) is 6.42 Å². The first-order valence-electron chi connectivity index (χ1n) is 8.82. The molecule has 5 nitrogen and oxygen atoms in total. The number of rotatable bonds is 2. The zero-order valence-corrected chi connectivity index (χ0v) is 14.0. The summed E-state index contributed by atoms with van der Waals surface area (Å²) in [6.07, 6.45) is 3.66. The lowest BCUT2D eigenvalue weighted by Gasteiger charge is -2.60. The number of ether oxygens (including phenoxy) is 3. The molecule has 0 aromatic rings. The highest BCUT2D eigenvalue weighted by atomic mass is 17.3. The predicted molar refractivity (Wildman–Crippen MR) is 78.5 cm³/mol. The van der Waals surface area contributed by atoms with Crippen LogP contribution in [0.3, 0.4) is 0 Å². The molecule has 5 heteroatoms. The van der Waals surface area contributed by atoms with Crippen LogP contribution in [0.25, 0.3) is 0 Å². The summed E-state index contributed by atoms with van der Waals surface area (Å²) in [6.45, 7) is 9.15. The molecule has 2 bridgehead atoms. The molecule has 0 aromatic heterocycles. The van der Waals surface area contributed by atoms with Crippen molar-refractivity contribution in [1.29, 1.82) is 0 Å². The van der Waals surface area contributed by atoms with Crippen LogP contribution in [-0.2, 0) is 24.0 Å². The average Bonchev–Trinajstić information content (AvgIpc) is 2.71. The normalized spacial score (nSPS) is 57.3. The van der Waals surface area contributed by atoms with Crippen molar-refractivity contribution in [3.8, 4) is 0 Å². The van der Waals surface area contributed by atoms with Gasteiger partial charge < -0.3 is 14.2 Å². The van der Waals surface area contributed by atoms with Gasteiger partial charge in [0.2, 0.25) is 5.79 Å². The molecule has 0 radical (unpaired) electrons. The van der Waals surface area contributed by atoms with Crippen LogP contribution >= 0.6 is 0 Å². The predicted octanol–water partition coefficient (Wildman–Crippen LogP) is 3.23. The van der Waals surface area contributed by atoms with Crippen molar-refractivity contribution in [3.63, 3.8) is 0 Å². The molecule has 1 spiro atoms. The van der Waals surface area contributed by atoms with Crippen LogP contribution < -0.4 is 0 Å². The minimum Gasteiger partial charge on any atom is -0.353 e. The maximum atomic E-state index is 6.25. The molecule has 5 fully saturated rings. The molecular formula is C17H28O5. The fraction of sp³-hybridized carbons (Fsp3) is 1.00. The third kappa shape index (κ3) is 1.96. The lowest BCUT2D eigenvalue weighted by molar-refractivity contribution is -0.577. The van der Waals surface area contributed by atoms with Crippen molar-refractivity contribution in [2.24, 2.45) is 23.7 Å². The van der Waals surface area contributed by atoms with E-state index in [2.05, 4.69) is 13.8 Å². The van der Waals surface area contributed by atoms with E-state index in [4.69, 9.17) is 24.0 Å². The van der Waals surface area contributed by atoms with Gasteiger partial charge in [-0.1, -0.05) is 13.8 Å². The summed E-state index contributed by atoms with van der Waals surface area (Å²) in [5.41, 5.74) is -0.472. The summed E-state index contributed by atoms with van der Waals surface area (Å²) in [4.78, 5) is 11.9. The minimum atomic E-state index is -0.700. The smallest absolute Gasteiger partial charge is 0.201 e. The monoisotopic (exact) mass is 312 g/mol. The molecule has 5 rings (SSSR count). The molecule has 0 N–H and O–H groups in total. The molecular weight excluding hydrogens is 284 g/mol. The van der Waals surface area contributed by atoms with Crippen LogP contribution in [0.5, 0.6) is 0 Å². The maximum Gasteiger partial charge on any atom is 0.201 e. The third-order valence-electron chi connectivity index (χ3n) is 6.43. The van der Waals surface area contributed by atoms with E-state index < -0.39 is 11.4 Å². The van der Waals surface area contributed by atoms with Gasteiger partial charge in [0, 0.05) is 24.9 Å².